The van der Waals surface area contributed by atoms with Crippen LogP contribution in [0.5, 0.6) is 0 Å². The van der Waals surface area contributed by atoms with Crippen molar-refractivity contribution in [2.24, 2.45) is 0 Å². The van der Waals surface area contributed by atoms with E-state index in [1.54, 1.807) is 0 Å². The zero-order chi connectivity index (χ0) is 17.9. The molecular formula is C21H24ClN3O. The van der Waals surface area contributed by atoms with Crippen molar-refractivity contribution < 1.29 is 4.79 Å². The first kappa shape index (κ1) is 17.5. The van der Waals surface area contributed by atoms with Crippen molar-refractivity contribution in [1.82, 2.24) is 15.5 Å². The van der Waals surface area contributed by atoms with Crippen LogP contribution in [0.15, 0.2) is 42.5 Å². The Morgan fingerprint density at radius 3 is 2.69 bits per heavy atom. The van der Waals surface area contributed by atoms with Crippen LogP contribution >= 0.6 is 11.6 Å². The number of hydrogen-bond donors (Lipinski definition) is 2. The summed E-state index contributed by atoms with van der Waals surface area (Å²) in [6.07, 6.45) is 2.01. The number of rotatable bonds is 2. The molecule has 1 amide bonds. The van der Waals surface area contributed by atoms with Gasteiger partial charge in [0.2, 0.25) is 0 Å². The van der Waals surface area contributed by atoms with Gasteiger partial charge in [0.05, 0.1) is 6.04 Å². The number of halogens is 1. The molecule has 0 saturated carbocycles. The minimum atomic E-state index is 0.00965. The highest BCUT2D eigenvalue weighted by atomic mass is 35.5. The van der Waals surface area contributed by atoms with Gasteiger partial charge in [0.1, 0.15) is 0 Å². The predicted octanol–water partition coefficient (Wildman–Crippen LogP) is 2.81. The molecule has 4 nitrogen and oxygen atoms in total. The Labute approximate surface area is 159 Å². The van der Waals surface area contributed by atoms with Crippen LogP contribution < -0.4 is 10.6 Å². The van der Waals surface area contributed by atoms with Gasteiger partial charge < -0.3 is 15.5 Å². The lowest BCUT2D eigenvalue weighted by molar-refractivity contribution is 0.0634. The van der Waals surface area contributed by atoms with Crippen molar-refractivity contribution in [3.8, 4) is 0 Å². The normalized spacial score (nSPS) is 20.3. The fraction of sp³-hybridized carbons (Fsp3) is 0.381. The van der Waals surface area contributed by atoms with Gasteiger partial charge in [-0.2, -0.15) is 0 Å². The first-order chi connectivity index (χ1) is 12.7. The molecule has 2 N–H and O–H groups in total. The van der Waals surface area contributed by atoms with Gasteiger partial charge in [-0.15, -0.1) is 0 Å². The summed E-state index contributed by atoms with van der Waals surface area (Å²) >= 11 is 6.17. The molecule has 2 aliphatic heterocycles. The Morgan fingerprint density at radius 1 is 1.00 bits per heavy atom. The quantitative estimate of drug-likeness (QED) is 0.855. The lowest BCUT2D eigenvalue weighted by atomic mass is 9.98. The number of piperazine rings is 1. The van der Waals surface area contributed by atoms with Crippen LogP contribution in [0.3, 0.4) is 0 Å². The summed E-state index contributed by atoms with van der Waals surface area (Å²) < 4.78 is 0. The first-order valence-corrected chi connectivity index (χ1v) is 9.70. The number of hydrogen-bond acceptors (Lipinski definition) is 3. The molecule has 1 fully saturated rings. The van der Waals surface area contributed by atoms with Gasteiger partial charge in [0.25, 0.3) is 5.91 Å². The summed E-state index contributed by atoms with van der Waals surface area (Å²) in [7, 11) is 0. The van der Waals surface area contributed by atoms with Gasteiger partial charge >= 0.3 is 0 Å². The lowest BCUT2D eigenvalue weighted by Crippen LogP contribution is -2.48. The van der Waals surface area contributed by atoms with Crippen molar-refractivity contribution in [3.63, 3.8) is 0 Å². The maximum atomic E-state index is 13.3. The molecule has 2 aliphatic rings. The van der Waals surface area contributed by atoms with E-state index in [0.717, 1.165) is 50.1 Å². The maximum Gasteiger partial charge on any atom is 0.254 e. The minimum absolute atomic E-state index is 0.00965. The highest BCUT2D eigenvalue weighted by molar-refractivity contribution is 6.30. The second-order valence-corrected chi connectivity index (χ2v) is 7.44. The van der Waals surface area contributed by atoms with Crippen molar-refractivity contribution >= 4 is 17.5 Å². The molecule has 0 spiro atoms. The fourth-order valence-corrected chi connectivity index (χ4v) is 4.13. The molecule has 0 radical (unpaired) electrons. The van der Waals surface area contributed by atoms with E-state index < -0.39 is 0 Å². The Kier molecular flexibility index (Phi) is 5.25. The summed E-state index contributed by atoms with van der Waals surface area (Å²) in [5, 5.41) is 7.53. The second-order valence-electron chi connectivity index (χ2n) is 7.01. The molecule has 0 bridgehead atoms. The Balaban J connectivity index is 1.62. The van der Waals surface area contributed by atoms with E-state index in [4.69, 9.17) is 11.6 Å². The topological polar surface area (TPSA) is 44.4 Å². The average molecular weight is 370 g/mol. The Hall–Kier alpha value is -1.88. The molecule has 0 aromatic heterocycles. The number of carbonyl (C=O) groups excluding carboxylic acids is 1. The molecule has 1 atom stereocenters. The van der Waals surface area contributed by atoms with E-state index in [9.17, 15) is 4.79 Å². The van der Waals surface area contributed by atoms with Crippen LogP contribution in [0.2, 0.25) is 5.02 Å². The predicted molar refractivity (Wildman–Crippen MR) is 105 cm³/mol. The third kappa shape index (κ3) is 3.63. The van der Waals surface area contributed by atoms with Gasteiger partial charge in [0, 0.05) is 30.2 Å². The molecule has 0 aliphatic carbocycles. The third-order valence-corrected chi connectivity index (χ3v) is 5.57. The average Bonchev–Trinajstić information content (AvgIpc) is 2.92. The van der Waals surface area contributed by atoms with Crippen molar-refractivity contribution in [3.05, 3.63) is 69.7 Å². The van der Waals surface area contributed by atoms with Crippen LogP contribution in [0.1, 0.15) is 33.1 Å². The van der Waals surface area contributed by atoms with Crippen molar-refractivity contribution in [1.29, 1.82) is 0 Å². The van der Waals surface area contributed by atoms with Crippen molar-refractivity contribution in [2.45, 2.75) is 18.9 Å². The number of fused-ring (bicyclic) bond motifs is 1. The molecule has 26 heavy (non-hydrogen) atoms. The molecule has 1 saturated heterocycles. The number of nitrogens with one attached hydrogen (secondary N) is 2. The van der Waals surface area contributed by atoms with Crippen molar-refractivity contribution in [2.75, 3.05) is 32.7 Å². The number of carbonyl (C=O) groups is 1. The number of nitrogens with zero attached hydrogens (tertiary/aromatic N) is 1. The SMILES string of the molecule is O=C(c1ccc2c(c1)CCNCC2)N1CCNCC1c1cccc(Cl)c1. The molecule has 1 unspecified atom stereocenters. The van der Waals surface area contributed by atoms with Crippen LogP contribution in [-0.4, -0.2) is 43.5 Å². The largest absolute Gasteiger partial charge is 0.329 e. The minimum Gasteiger partial charge on any atom is -0.329 e. The van der Waals surface area contributed by atoms with Crippen LogP contribution in [0, 0.1) is 0 Å². The van der Waals surface area contributed by atoms with Gasteiger partial charge in [-0.25, -0.2) is 0 Å². The van der Waals surface area contributed by atoms with E-state index in [0.29, 0.717) is 11.6 Å². The van der Waals surface area contributed by atoms with Crippen LogP contribution in [0.4, 0.5) is 0 Å². The third-order valence-electron chi connectivity index (χ3n) is 5.33. The highest BCUT2D eigenvalue weighted by Crippen LogP contribution is 2.27. The monoisotopic (exact) mass is 369 g/mol. The molecule has 136 valence electrons. The highest BCUT2D eigenvalue weighted by Gasteiger charge is 2.29. The summed E-state index contributed by atoms with van der Waals surface area (Å²) in [6.45, 7) is 4.26. The smallest absolute Gasteiger partial charge is 0.254 e. The first-order valence-electron chi connectivity index (χ1n) is 9.32. The molecular weight excluding hydrogens is 346 g/mol. The lowest BCUT2D eigenvalue weighted by Gasteiger charge is -2.37. The fourth-order valence-electron chi connectivity index (χ4n) is 3.93. The summed E-state index contributed by atoms with van der Waals surface area (Å²) in [5.41, 5.74) is 4.53. The Morgan fingerprint density at radius 2 is 1.85 bits per heavy atom. The van der Waals surface area contributed by atoms with E-state index in [-0.39, 0.29) is 11.9 Å². The van der Waals surface area contributed by atoms with Gasteiger partial charge in [0.15, 0.2) is 0 Å². The van der Waals surface area contributed by atoms with Crippen LogP contribution in [-0.2, 0) is 12.8 Å². The summed E-state index contributed by atoms with van der Waals surface area (Å²) in [6, 6.07) is 14.1. The summed E-state index contributed by atoms with van der Waals surface area (Å²) in [5.74, 6) is 0.108. The van der Waals surface area contributed by atoms with Gasteiger partial charge in [-0.3, -0.25) is 4.79 Å². The van der Waals surface area contributed by atoms with E-state index in [2.05, 4.69) is 22.8 Å². The number of benzene rings is 2. The van der Waals surface area contributed by atoms with Gasteiger partial charge in [-0.1, -0.05) is 29.8 Å². The van der Waals surface area contributed by atoms with E-state index >= 15 is 0 Å². The Bertz CT molecular complexity index is 808. The van der Waals surface area contributed by atoms with Crippen LogP contribution in [0.25, 0.3) is 0 Å². The zero-order valence-corrected chi connectivity index (χ0v) is 15.6. The van der Waals surface area contributed by atoms with E-state index in [1.165, 1.54) is 11.1 Å². The van der Waals surface area contributed by atoms with E-state index in [1.807, 2.05) is 35.2 Å². The summed E-state index contributed by atoms with van der Waals surface area (Å²) in [4.78, 5) is 15.3. The second kappa shape index (κ2) is 7.78. The standard InChI is InChI=1S/C21H24ClN3O/c22-19-3-1-2-17(13-19)20-14-24-10-11-25(20)21(26)18-5-4-15-6-8-23-9-7-16(15)12-18/h1-5,12-13,20,23-24H,6-11,14H2. The molecule has 4 rings (SSSR count). The molecule has 2 heterocycles. The molecule has 5 heteroatoms. The zero-order valence-electron chi connectivity index (χ0n) is 14.8. The molecule has 2 aromatic rings. The number of amides is 1. The molecule has 2 aromatic carbocycles. The van der Waals surface area contributed by atoms with Gasteiger partial charge in [-0.05, 0) is 66.9 Å². The maximum absolute atomic E-state index is 13.3.